The maximum Gasteiger partial charge on any atom is 0.258 e. The molecule has 1 aromatic heterocycles. The van der Waals surface area contributed by atoms with E-state index in [2.05, 4.69) is 42.2 Å². The van der Waals surface area contributed by atoms with E-state index in [9.17, 15) is 4.79 Å². The summed E-state index contributed by atoms with van der Waals surface area (Å²) >= 11 is 12.8. The van der Waals surface area contributed by atoms with E-state index in [1.54, 1.807) is 12.1 Å². The third-order valence-electron chi connectivity index (χ3n) is 2.41. The molecule has 0 aliphatic rings. The number of nitrogens with one attached hydrogen (secondary N) is 1. The Kier molecular flexibility index (Phi) is 4.60. The second-order valence-electron chi connectivity index (χ2n) is 3.88. The molecular weight excluding hydrogens is 395 g/mol. The molecule has 0 bridgehead atoms. The van der Waals surface area contributed by atoms with E-state index in [0.29, 0.717) is 16.3 Å². The Morgan fingerprint density at radius 1 is 1.32 bits per heavy atom. The fourth-order valence-corrected chi connectivity index (χ4v) is 2.48. The fourth-order valence-electron chi connectivity index (χ4n) is 1.48. The number of carbonyl (C=O) groups is 1. The molecule has 6 heteroatoms. The number of halogens is 3. The van der Waals surface area contributed by atoms with Crippen molar-refractivity contribution in [2.75, 3.05) is 5.32 Å². The van der Waals surface area contributed by atoms with Crippen LogP contribution in [0.25, 0.3) is 0 Å². The van der Waals surface area contributed by atoms with Crippen LogP contribution in [0.15, 0.2) is 39.4 Å². The van der Waals surface area contributed by atoms with Crippen LogP contribution in [-0.4, -0.2) is 10.9 Å². The molecule has 2 aromatic rings. The van der Waals surface area contributed by atoms with Gasteiger partial charge in [-0.05, 0) is 47.1 Å². The van der Waals surface area contributed by atoms with Gasteiger partial charge < -0.3 is 5.32 Å². The summed E-state index contributed by atoms with van der Waals surface area (Å²) in [6.45, 7) is 1.82. The second-order valence-corrected chi connectivity index (χ2v) is 6.06. The summed E-state index contributed by atoms with van der Waals surface area (Å²) in [6.07, 6.45) is 1.47. The summed E-state index contributed by atoms with van der Waals surface area (Å²) in [5.41, 5.74) is 1.78. The molecule has 1 aromatic carbocycles. The molecule has 0 radical (unpaired) electrons. The Labute approximate surface area is 132 Å². The first-order chi connectivity index (χ1) is 8.97. The molecule has 0 aliphatic carbocycles. The van der Waals surface area contributed by atoms with E-state index in [0.717, 1.165) is 14.6 Å². The molecule has 0 atom stereocenters. The largest absolute Gasteiger partial charge is 0.321 e. The van der Waals surface area contributed by atoms with Gasteiger partial charge in [0, 0.05) is 20.8 Å². The van der Waals surface area contributed by atoms with E-state index < -0.39 is 0 Å². The smallest absolute Gasteiger partial charge is 0.258 e. The highest BCUT2D eigenvalue weighted by atomic mass is 79.9. The summed E-state index contributed by atoms with van der Waals surface area (Å²) in [7, 11) is 0. The normalized spacial score (nSPS) is 10.3. The van der Waals surface area contributed by atoms with E-state index in [1.165, 1.54) is 6.20 Å². The zero-order chi connectivity index (χ0) is 14.0. The van der Waals surface area contributed by atoms with Crippen molar-refractivity contribution in [3.8, 4) is 0 Å². The summed E-state index contributed by atoms with van der Waals surface area (Å²) < 4.78 is 1.67. The monoisotopic (exact) mass is 402 g/mol. The molecule has 0 saturated heterocycles. The van der Waals surface area contributed by atoms with Crippen molar-refractivity contribution in [2.24, 2.45) is 0 Å². The predicted octanol–water partition coefficient (Wildman–Crippen LogP) is 4.82. The van der Waals surface area contributed by atoms with Crippen LogP contribution >= 0.6 is 43.5 Å². The molecule has 1 N–H and O–H groups in total. The van der Waals surface area contributed by atoms with Crippen molar-refractivity contribution in [3.63, 3.8) is 0 Å². The third-order valence-corrected chi connectivity index (χ3v) is 3.91. The number of aromatic nitrogens is 1. The number of benzene rings is 1. The van der Waals surface area contributed by atoms with E-state index in [-0.39, 0.29) is 5.91 Å². The standard InChI is InChI=1S/C13H9Br2ClN2O/c1-7-4-11(16)9(6-17-7)13(19)18-12-5-8(14)2-3-10(12)15/h2-6H,1H3,(H,18,19). The fraction of sp³-hybridized carbons (Fsp3) is 0.0769. The highest BCUT2D eigenvalue weighted by Crippen LogP contribution is 2.27. The summed E-state index contributed by atoms with van der Waals surface area (Å²) in [5.74, 6) is -0.295. The van der Waals surface area contributed by atoms with E-state index >= 15 is 0 Å². The average molecular weight is 404 g/mol. The van der Waals surface area contributed by atoms with Crippen LogP contribution < -0.4 is 5.32 Å². The van der Waals surface area contributed by atoms with Crippen molar-refractivity contribution in [1.82, 2.24) is 4.98 Å². The zero-order valence-electron chi connectivity index (χ0n) is 9.88. The highest BCUT2D eigenvalue weighted by Gasteiger charge is 2.13. The zero-order valence-corrected chi connectivity index (χ0v) is 13.8. The van der Waals surface area contributed by atoms with Crippen molar-refractivity contribution in [3.05, 3.63) is 55.7 Å². The maximum absolute atomic E-state index is 12.1. The highest BCUT2D eigenvalue weighted by molar-refractivity contribution is 9.11. The van der Waals surface area contributed by atoms with E-state index in [1.807, 2.05) is 19.1 Å². The van der Waals surface area contributed by atoms with Crippen LogP contribution in [-0.2, 0) is 0 Å². The molecule has 19 heavy (non-hydrogen) atoms. The molecule has 1 heterocycles. The first kappa shape index (κ1) is 14.5. The Balaban J connectivity index is 2.28. The molecule has 0 spiro atoms. The van der Waals surface area contributed by atoms with Gasteiger partial charge in [-0.15, -0.1) is 0 Å². The van der Waals surface area contributed by atoms with E-state index in [4.69, 9.17) is 11.6 Å². The lowest BCUT2D eigenvalue weighted by Gasteiger charge is -2.09. The van der Waals surface area contributed by atoms with Crippen molar-refractivity contribution in [2.45, 2.75) is 6.92 Å². The minimum atomic E-state index is -0.295. The molecule has 3 nitrogen and oxygen atoms in total. The predicted molar refractivity (Wildman–Crippen MR) is 83.8 cm³/mol. The van der Waals surface area contributed by atoms with Crippen LogP contribution in [0.4, 0.5) is 5.69 Å². The maximum atomic E-state index is 12.1. The Bertz CT molecular complexity index is 647. The summed E-state index contributed by atoms with van der Waals surface area (Å²) in [4.78, 5) is 16.2. The molecule has 0 unspecified atom stereocenters. The number of pyridine rings is 1. The molecule has 0 fully saturated rings. The lowest BCUT2D eigenvalue weighted by atomic mass is 10.2. The van der Waals surface area contributed by atoms with Gasteiger partial charge in [-0.1, -0.05) is 27.5 Å². The van der Waals surface area contributed by atoms with Gasteiger partial charge in [0.15, 0.2) is 0 Å². The quantitative estimate of drug-likeness (QED) is 0.780. The van der Waals surface area contributed by atoms with Gasteiger partial charge in [-0.25, -0.2) is 0 Å². The summed E-state index contributed by atoms with van der Waals surface area (Å²) in [6, 6.07) is 7.18. The number of hydrogen-bond acceptors (Lipinski definition) is 2. The molecule has 98 valence electrons. The van der Waals surface area contributed by atoms with Crippen LogP contribution in [0.5, 0.6) is 0 Å². The SMILES string of the molecule is Cc1cc(Cl)c(C(=O)Nc2cc(Br)ccc2Br)cn1. The van der Waals surface area contributed by atoms with Gasteiger partial charge in [-0.3, -0.25) is 9.78 Å². The minimum absolute atomic E-state index is 0.295. The van der Waals surface area contributed by atoms with Gasteiger partial charge in [0.25, 0.3) is 5.91 Å². The van der Waals surface area contributed by atoms with Gasteiger partial charge >= 0.3 is 0 Å². The van der Waals surface area contributed by atoms with Crippen molar-refractivity contribution < 1.29 is 4.79 Å². The number of hydrogen-bond donors (Lipinski definition) is 1. The minimum Gasteiger partial charge on any atom is -0.321 e. The average Bonchev–Trinajstić information content (AvgIpc) is 2.33. The van der Waals surface area contributed by atoms with Gasteiger partial charge in [-0.2, -0.15) is 0 Å². The number of rotatable bonds is 2. The van der Waals surface area contributed by atoms with Crippen LogP contribution in [0.1, 0.15) is 16.1 Å². The third kappa shape index (κ3) is 3.55. The van der Waals surface area contributed by atoms with Gasteiger partial charge in [0.05, 0.1) is 16.3 Å². The number of carbonyl (C=O) groups excluding carboxylic acids is 1. The Morgan fingerprint density at radius 3 is 2.74 bits per heavy atom. The molecular formula is C13H9Br2ClN2O. The molecule has 0 saturated carbocycles. The van der Waals surface area contributed by atoms with Gasteiger partial charge in [0.1, 0.15) is 0 Å². The Morgan fingerprint density at radius 2 is 2.05 bits per heavy atom. The Hall–Kier alpha value is -0.910. The lowest BCUT2D eigenvalue weighted by Crippen LogP contribution is -2.13. The summed E-state index contributed by atoms with van der Waals surface area (Å²) in [5, 5.41) is 3.17. The topological polar surface area (TPSA) is 42.0 Å². The molecule has 2 rings (SSSR count). The lowest BCUT2D eigenvalue weighted by molar-refractivity contribution is 0.102. The van der Waals surface area contributed by atoms with Crippen molar-refractivity contribution in [1.29, 1.82) is 0 Å². The van der Waals surface area contributed by atoms with Crippen molar-refractivity contribution >= 4 is 55.1 Å². The molecule has 1 amide bonds. The van der Waals surface area contributed by atoms with Crippen LogP contribution in [0.3, 0.4) is 0 Å². The van der Waals surface area contributed by atoms with Crippen LogP contribution in [0.2, 0.25) is 5.02 Å². The number of nitrogens with zero attached hydrogens (tertiary/aromatic N) is 1. The number of anilines is 1. The van der Waals surface area contributed by atoms with Gasteiger partial charge in [0.2, 0.25) is 0 Å². The first-order valence-electron chi connectivity index (χ1n) is 5.36. The molecule has 0 aliphatic heterocycles. The number of amides is 1. The second kappa shape index (κ2) is 6.03. The first-order valence-corrected chi connectivity index (χ1v) is 7.32. The number of aryl methyl sites for hydroxylation is 1. The van der Waals surface area contributed by atoms with Crippen LogP contribution in [0, 0.1) is 6.92 Å².